The molecule has 0 aliphatic carbocycles. The first-order chi connectivity index (χ1) is 9.69. The topological polar surface area (TPSA) is 32.3 Å². The van der Waals surface area contributed by atoms with Crippen LogP contribution in [0.3, 0.4) is 0 Å². The molecule has 2 rings (SSSR count). The third kappa shape index (κ3) is 4.18. The van der Waals surface area contributed by atoms with Crippen LogP contribution in [0.2, 0.25) is 0 Å². The van der Waals surface area contributed by atoms with Gasteiger partial charge in [-0.15, -0.1) is 11.3 Å². The molecule has 1 N–H and O–H groups in total. The quantitative estimate of drug-likeness (QED) is 0.886. The number of rotatable bonds is 6. The lowest BCUT2D eigenvalue weighted by molar-refractivity contribution is 0.0963. The van der Waals surface area contributed by atoms with Gasteiger partial charge in [0.25, 0.3) is 5.91 Å². The molecule has 106 valence electrons. The Hall–Kier alpha value is -1.65. The summed E-state index contributed by atoms with van der Waals surface area (Å²) < 4.78 is 0. The summed E-state index contributed by atoms with van der Waals surface area (Å²) in [6, 6.07) is 12.1. The zero-order valence-corrected chi connectivity index (χ0v) is 12.7. The molecule has 0 spiro atoms. The van der Waals surface area contributed by atoms with Gasteiger partial charge >= 0.3 is 0 Å². The van der Waals surface area contributed by atoms with Gasteiger partial charge in [-0.05, 0) is 42.6 Å². The summed E-state index contributed by atoms with van der Waals surface area (Å²) >= 11 is 1.81. The first-order valence-corrected chi connectivity index (χ1v) is 7.59. The Labute approximate surface area is 124 Å². The van der Waals surface area contributed by atoms with E-state index < -0.39 is 0 Å². The molecular formula is C16H20N2OS. The van der Waals surface area contributed by atoms with Gasteiger partial charge in [0.05, 0.1) is 0 Å². The van der Waals surface area contributed by atoms with Crippen molar-refractivity contribution in [2.75, 3.05) is 20.6 Å². The number of hydrogen-bond donors (Lipinski definition) is 1. The van der Waals surface area contributed by atoms with Gasteiger partial charge in [0.15, 0.2) is 0 Å². The van der Waals surface area contributed by atoms with Crippen LogP contribution in [0, 0.1) is 0 Å². The highest BCUT2D eigenvalue weighted by Gasteiger charge is 2.04. The molecule has 0 atom stereocenters. The van der Waals surface area contributed by atoms with E-state index in [1.54, 1.807) is 7.05 Å². The van der Waals surface area contributed by atoms with Crippen LogP contribution in [0.4, 0.5) is 0 Å². The van der Waals surface area contributed by atoms with Crippen LogP contribution in [-0.2, 0) is 13.0 Å². The number of nitrogens with one attached hydrogen (secondary N) is 1. The fourth-order valence-corrected chi connectivity index (χ4v) is 2.75. The third-order valence-corrected chi connectivity index (χ3v) is 4.15. The monoisotopic (exact) mass is 288 g/mol. The number of hydrogen-bond acceptors (Lipinski definition) is 3. The number of nitrogens with zero attached hydrogens (tertiary/aromatic N) is 1. The number of benzene rings is 1. The summed E-state index contributed by atoms with van der Waals surface area (Å²) in [6.45, 7) is 1.94. The second-order valence-electron chi connectivity index (χ2n) is 4.84. The molecule has 20 heavy (non-hydrogen) atoms. The maximum Gasteiger partial charge on any atom is 0.251 e. The molecule has 1 aromatic carbocycles. The number of amides is 1. The lowest BCUT2D eigenvalue weighted by atomic mass is 10.1. The average Bonchev–Trinajstić information content (AvgIpc) is 2.98. The van der Waals surface area contributed by atoms with E-state index in [1.807, 2.05) is 35.6 Å². The van der Waals surface area contributed by atoms with Crippen LogP contribution < -0.4 is 5.32 Å². The summed E-state index contributed by atoms with van der Waals surface area (Å²) in [7, 11) is 3.77. The highest BCUT2D eigenvalue weighted by atomic mass is 32.1. The molecule has 0 aliphatic rings. The van der Waals surface area contributed by atoms with Crippen LogP contribution in [0.5, 0.6) is 0 Å². The smallest absolute Gasteiger partial charge is 0.251 e. The van der Waals surface area contributed by atoms with Crippen LogP contribution in [0.25, 0.3) is 0 Å². The van der Waals surface area contributed by atoms with E-state index in [0.717, 1.165) is 19.5 Å². The largest absolute Gasteiger partial charge is 0.355 e. The molecular weight excluding hydrogens is 268 g/mol. The zero-order valence-electron chi connectivity index (χ0n) is 11.9. The summed E-state index contributed by atoms with van der Waals surface area (Å²) in [6.07, 6.45) is 1.09. The van der Waals surface area contributed by atoms with Gasteiger partial charge in [-0.3, -0.25) is 4.79 Å². The normalized spacial score (nSPS) is 10.8. The predicted molar refractivity (Wildman–Crippen MR) is 84.2 cm³/mol. The molecule has 1 heterocycles. The number of carbonyl (C=O) groups is 1. The first-order valence-electron chi connectivity index (χ1n) is 6.71. The maximum absolute atomic E-state index is 11.5. The summed E-state index contributed by atoms with van der Waals surface area (Å²) in [5.74, 6) is -0.0393. The van der Waals surface area contributed by atoms with E-state index >= 15 is 0 Å². The van der Waals surface area contributed by atoms with Gasteiger partial charge in [0.1, 0.15) is 0 Å². The van der Waals surface area contributed by atoms with Crippen molar-refractivity contribution in [1.29, 1.82) is 0 Å². The van der Waals surface area contributed by atoms with Gasteiger partial charge < -0.3 is 10.2 Å². The van der Waals surface area contributed by atoms with Crippen LogP contribution in [-0.4, -0.2) is 31.4 Å². The lowest BCUT2D eigenvalue weighted by Gasteiger charge is -2.16. The van der Waals surface area contributed by atoms with Crippen molar-refractivity contribution in [3.63, 3.8) is 0 Å². The van der Waals surface area contributed by atoms with Crippen molar-refractivity contribution >= 4 is 17.2 Å². The van der Waals surface area contributed by atoms with E-state index in [-0.39, 0.29) is 5.91 Å². The van der Waals surface area contributed by atoms with Crippen molar-refractivity contribution in [3.8, 4) is 0 Å². The Bertz CT molecular complexity index is 534. The molecule has 1 aromatic heterocycles. The Morgan fingerprint density at radius 1 is 1.25 bits per heavy atom. The Balaban J connectivity index is 1.84. The number of thiophene rings is 1. The van der Waals surface area contributed by atoms with Gasteiger partial charge in [0.2, 0.25) is 0 Å². The molecule has 3 nitrogen and oxygen atoms in total. The molecule has 0 bridgehead atoms. The maximum atomic E-state index is 11.5. The fourth-order valence-electron chi connectivity index (χ4n) is 2.05. The molecule has 0 radical (unpaired) electrons. The molecule has 0 unspecified atom stereocenters. The van der Waals surface area contributed by atoms with Crippen molar-refractivity contribution in [2.45, 2.75) is 13.0 Å². The Kier molecular flexibility index (Phi) is 5.32. The summed E-state index contributed by atoms with van der Waals surface area (Å²) in [4.78, 5) is 15.2. The summed E-state index contributed by atoms with van der Waals surface area (Å²) in [5, 5.41) is 4.75. The number of carbonyl (C=O) groups excluding carboxylic acids is 1. The molecule has 1 amide bonds. The molecule has 0 saturated carbocycles. The van der Waals surface area contributed by atoms with Crippen molar-refractivity contribution in [1.82, 2.24) is 10.2 Å². The van der Waals surface area contributed by atoms with Gasteiger partial charge in [0, 0.05) is 30.6 Å². The highest BCUT2D eigenvalue weighted by Crippen LogP contribution is 2.11. The van der Waals surface area contributed by atoms with E-state index in [4.69, 9.17) is 0 Å². The van der Waals surface area contributed by atoms with Crippen molar-refractivity contribution in [2.24, 2.45) is 0 Å². The van der Waals surface area contributed by atoms with E-state index in [0.29, 0.717) is 5.56 Å². The minimum atomic E-state index is -0.0393. The first kappa shape index (κ1) is 14.8. The SMILES string of the molecule is CNC(=O)c1ccc(CN(C)CCc2cccs2)cc1. The minimum absolute atomic E-state index is 0.0393. The van der Waals surface area contributed by atoms with Gasteiger partial charge in [-0.2, -0.15) is 0 Å². The number of likely N-dealkylation sites (N-methyl/N-ethyl adjacent to an activating group) is 1. The zero-order chi connectivity index (χ0) is 14.4. The molecule has 0 saturated heterocycles. The van der Waals surface area contributed by atoms with Gasteiger partial charge in [-0.25, -0.2) is 0 Å². The fraction of sp³-hybridized carbons (Fsp3) is 0.312. The van der Waals surface area contributed by atoms with E-state index in [1.165, 1.54) is 10.4 Å². The molecule has 2 aromatic rings. The molecule has 0 aliphatic heterocycles. The Morgan fingerprint density at radius 2 is 2.00 bits per heavy atom. The Morgan fingerprint density at radius 3 is 2.60 bits per heavy atom. The molecule has 4 heteroatoms. The second kappa shape index (κ2) is 7.22. The van der Waals surface area contributed by atoms with Crippen molar-refractivity contribution < 1.29 is 4.79 Å². The van der Waals surface area contributed by atoms with Crippen LogP contribution in [0.1, 0.15) is 20.8 Å². The van der Waals surface area contributed by atoms with E-state index in [2.05, 4.69) is 34.8 Å². The second-order valence-corrected chi connectivity index (χ2v) is 5.88. The highest BCUT2D eigenvalue weighted by molar-refractivity contribution is 7.09. The third-order valence-electron chi connectivity index (χ3n) is 3.22. The summed E-state index contributed by atoms with van der Waals surface area (Å²) in [5.41, 5.74) is 1.93. The minimum Gasteiger partial charge on any atom is -0.355 e. The molecule has 0 fully saturated rings. The standard InChI is InChI=1S/C16H20N2OS/c1-17-16(19)14-7-5-13(6-8-14)12-18(2)10-9-15-4-3-11-20-15/h3-8,11H,9-10,12H2,1-2H3,(H,17,19). The van der Waals surface area contributed by atoms with Crippen molar-refractivity contribution in [3.05, 3.63) is 57.8 Å². The van der Waals surface area contributed by atoms with Gasteiger partial charge in [-0.1, -0.05) is 18.2 Å². The average molecular weight is 288 g/mol. The van der Waals surface area contributed by atoms with Crippen LogP contribution >= 0.6 is 11.3 Å². The van der Waals surface area contributed by atoms with E-state index in [9.17, 15) is 4.79 Å². The van der Waals surface area contributed by atoms with Crippen LogP contribution in [0.15, 0.2) is 41.8 Å². The lowest BCUT2D eigenvalue weighted by Crippen LogP contribution is -2.21. The predicted octanol–water partition coefficient (Wildman–Crippen LogP) is 2.78.